The summed E-state index contributed by atoms with van der Waals surface area (Å²) < 4.78 is 5.43. The Morgan fingerprint density at radius 3 is 2.42 bits per heavy atom. The predicted octanol–water partition coefficient (Wildman–Crippen LogP) is 2.83. The highest BCUT2D eigenvalue weighted by Crippen LogP contribution is 2.27. The molecule has 1 atom stereocenters. The maximum absolute atomic E-state index is 12.6. The molecule has 1 aliphatic rings. The van der Waals surface area contributed by atoms with Gasteiger partial charge in [0.05, 0.1) is 11.5 Å². The number of ether oxygens (including phenoxy) is 1. The van der Waals surface area contributed by atoms with Gasteiger partial charge in [-0.2, -0.15) is 0 Å². The third-order valence-electron chi connectivity index (χ3n) is 4.12. The van der Waals surface area contributed by atoms with Crippen LogP contribution in [0.2, 0.25) is 0 Å². The van der Waals surface area contributed by atoms with Crippen molar-refractivity contribution in [3.8, 4) is 5.75 Å². The summed E-state index contributed by atoms with van der Waals surface area (Å²) in [6.45, 7) is 1.64. The van der Waals surface area contributed by atoms with Gasteiger partial charge < -0.3 is 4.74 Å². The van der Waals surface area contributed by atoms with Crippen LogP contribution in [-0.4, -0.2) is 41.0 Å². The molecule has 0 aromatic heterocycles. The molecule has 1 heterocycles. The lowest BCUT2D eigenvalue weighted by atomic mass is 10.2. The average molecular weight is 355 g/mol. The van der Waals surface area contributed by atoms with Crippen molar-refractivity contribution >= 4 is 23.3 Å². The smallest absolute Gasteiger partial charge is 0.332 e. The minimum Gasteiger partial charge on any atom is -0.485 e. The zero-order valence-electron chi connectivity index (χ0n) is 14.1. The van der Waals surface area contributed by atoms with E-state index >= 15 is 0 Å². The molecule has 134 valence electrons. The van der Waals surface area contributed by atoms with Gasteiger partial charge in [-0.25, -0.2) is 4.79 Å². The minimum atomic E-state index is -0.615. The normalized spacial score (nSPS) is 16.9. The van der Waals surface area contributed by atoms with Crippen molar-refractivity contribution in [1.82, 2.24) is 4.90 Å². The van der Waals surface area contributed by atoms with E-state index in [2.05, 4.69) is 0 Å². The van der Waals surface area contributed by atoms with E-state index in [1.165, 1.54) is 23.1 Å². The van der Waals surface area contributed by atoms with E-state index < -0.39 is 17.0 Å². The van der Waals surface area contributed by atoms with Gasteiger partial charge in [-0.15, -0.1) is 0 Å². The fraction of sp³-hybridized carbons (Fsp3) is 0.222. The number of nitro groups is 1. The number of nitrogens with zero attached hydrogens (tertiary/aromatic N) is 3. The van der Waals surface area contributed by atoms with Crippen LogP contribution in [0.1, 0.15) is 6.92 Å². The van der Waals surface area contributed by atoms with Crippen LogP contribution in [0.3, 0.4) is 0 Å². The van der Waals surface area contributed by atoms with Crippen molar-refractivity contribution in [3.63, 3.8) is 0 Å². The minimum absolute atomic E-state index is 0.0113. The second-order valence-electron chi connectivity index (χ2n) is 5.73. The van der Waals surface area contributed by atoms with E-state index in [1.54, 1.807) is 37.3 Å². The van der Waals surface area contributed by atoms with Gasteiger partial charge >= 0.3 is 11.7 Å². The van der Waals surface area contributed by atoms with E-state index in [1.807, 2.05) is 6.07 Å². The molecule has 3 amide bonds. The van der Waals surface area contributed by atoms with Crippen LogP contribution in [0.15, 0.2) is 54.6 Å². The van der Waals surface area contributed by atoms with Gasteiger partial charge in [0.15, 0.2) is 5.75 Å². The second-order valence-corrected chi connectivity index (χ2v) is 5.73. The first-order valence-corrected chi connectivity index (χ1v) is 8.06. The van der Waals surface area contributed by atoms with E-state index in [4.69, 9.17) is 4.74 Å². The molecular weight excluding hydrogens is 338 g/mol. The van der Waals surface area contributed by atoms with Crippen LogP contribution in [0.5, 0.6) is 5.75 Å². The summed E-state index contributed by atoms with van der Waals surface area (Å²) in [5.74, 6) is -0.227. The number of amides is 3. The summed E-state index contributed by atoms with van der Waals surface area (Å²) in [5.41, 5.74) is 0.478. The second kappa shape index (κ2) is 7.22. The van der Waals surface area contributed by atoms with E-state index in [0.717, 1.165) is 4.90 Å². The number of nitro benzene ring substituents is 1. The molecule has 0 spiro atoms. The Bertz CT molecular complexity index is 840. The molecule has 0 unspecified atom stereocenters. The van der Waals surface area contributed by atoms with Crippen molar-refractivity contribution in [2.45, 2.75) is 13.0 Å². The zero-order chi connectivity index (χ0) is 18.7. The number of hydrogen-bond donors (Lipinski definition) is 0. The largest absolute Gasteiger partial charge is 0.485 e. The fourth-order valence-corrected chi connectivity index (χ4v) is 2.83. The Hall–Kier alpha value is -3.42. The number of anilines is 1. The van der Waals surface area contributed by atoms with Crippen LogP contribution in [-0.2, 0) is 4.79 Å². The first-order valence-electron chi connectivity index (χ1n) is 8.06. The molecule has 8 heteroatoms. The van der Waals surface area contributed by atoms with Crippen molar-refractivity contribution in [2.75, 3.05) is 18.1 Å². The van der Waals surface area contributed by atoms with Crippen LogP contribution in [0.4, 0.5) is 16.2 Å². The summed E-state index contributed by atoms with van der Waals surface area (Å²) in [6, 6.07) is 13.9. The number of imide groups is 1. The Labute approximate surface area is 149 Å². The first kappa shape index (κ1) is 17.4. The number of rotatable bonds is 6. The third-order valence-corrected chi connectivity index (χ3v) is 4.12. The summed E-state index contributed by atoms with van der Waals surface area (Å²) in [4.78, 5) is 38.0. The molecule has 1 aliphatic heterocycles. The number of carbonyl (C=O) groups is 2. The quantitative estimate of drug-likeness (QED) is 0.451. The van der Waals surface area contributed by atoms with Crippen molar-refractivity contribution in [1.29, 1.82) is 0 Å². The molecule has 0 aliphatic carbocycles. The molecule has 0 saturated carbocycles. The van der Waals surface area contributed by atoms with Gasteiger partial charge in [0.2, 0.25) is 0 Å². The Morgan fingerprint density at radius 1 is 1.08 bits per heavy atom. The standard InChI is InChI=1S/C18H17N3O5/c1-13-17(22)19(18(23)20(13)14-7-3-2-4-8-14)11-12-26-16-10-6-5-9-15(16)21(24)25/h2-10,13H,11-12H2,1H3/t13-/m0/s1. The lowest BCUT2D eigenvalue weighted by Crippen LogP contribution is -2.36. The molecule has 1 saturated heterocycles. The van der Waals surface area contributed by atoms with Crippen molar-refractivity contribution in [2.24, 2.45) is 0 Å². The molecule has 2 aromatic rings. The number of carbonyl (C=O) groups excluding carboxylic acids is 2. The lowest BCUT2D eigenvalue weighted by Gasteiger charge is -2.19. The molecule has 0 N–H and O–H groups in total. The molecule has 3 rings (SSSR count). The highest BCUT2D eigenvalue weighted by molar-refractivity contribution is 6.14. The zero-order valence-corrected chi connectivity index (χ0v) is 14.1. The highest BCUT2D eigenvalue weighted by Gasteiger charge is 2.43. The number of hydrogen-bond acceptors (Lipinski definition) is 5. The molecule has 0 bridgehead atoms. The summed E-state index contributed by atoms with van der Waals surface area (Å²) >= 11 is 0. The fourth-order valence-electron chi connectivity index (χ4n) is 2.83. The average Bonchev–Trinajstić information content (AvgIpc) is 2.86. The Balaban J connectivity index is 1.68. The third kappa shape index (κ3) is 3.21. The first-order chi connectivity index (χ1) is 12.5. The summed E-state index contributed by atoms with van der Waals surface area (Å²) in [7, 11) is 0. The SMILES string of the molecule is C[C@H]1C(=O)N(CCOc2ccccc2[N+](=O)[O-])C(=O)N1c1ccccc1. The van der Waals surface area contributed by atoms with Gasteiger partial charge in [-0.05, 0) is 25.1 Å². The number of benzene rings is 2. The molecule has 1 fully saturated rings. The number of urea groups is 1. The monoisotopic (exact) mass is 355 g/mol. The maximum atomic E-state index is 12.6. The molecule has 0 radical (unpaired) electrons. The van der Waals surface area contributed by atoms with Crippen LogP contribution in [0, 0.1) is 10.1 Å². The van der Waals surface area contributed by atoms with Gasteiger partial charge in [0.25, 0.3) is 5.91 Å². The van der Waals surface area contributed by atoms with Crippen molar-refractivity contribution in [3.05, 3.63) is 64.7 Å². The Morgan fingerprint density at radius 2 is 1.73 bits per heavy atom. The predicted molar refractivity (Wildman–Crippen MR) is 94.1 cm³/mol. The van der Waals surface area contributed by atoms with Gasteiger partial charge in [-0.3, -0.25) is 24.7 Å². The summed E-state index contributed by atoms with van der Waals surface area (Å²) in [6.07, 6.45) is 0. The van der Waals surface area contributed by atoms with Crippen LogP contribution >= 0.6 is 0 Å². The van der Waals surface area contributed by atoms with Crippen molar-refractivity contribution < 1.29 is 19.2 Å². The topological polar surface area (TPSA) is 93.0 Å². The maximum Gasteiger partial charge on any atom is 0.332 e. The molecule has 26 heavy (non-hydrogen) atoms. The Kier molecular flexibility index (Phi) is 4.83. The summed E-state index contributed by atoms with van der Waals surface area (Å²) in [5, 5.41) is 11.0. The highest BCUT2D eigenvalue weighted by atomic mass is 16.6. The van der Waals surface area contributed by atoms with Gasteiger partial charge in [0, 0.05) is 11.8 Å². The van der Waals surface area contributed by atoms with E-state index in [0.29, 0.717) is 5.69 Å². The van der Waals surface area contributed by atoms with Gasteiger partial charge in [0.1, 0.15) is 12.6 Å². The molecule has 2 aromatic carbocycles. The molecule has 8 nitrogen and oxygen atoms in total. The van der Waals surface area contributed by atoms with E-state index in [-0.39, 0.29) is 30.5 Å². The molecular formula is C18H17N3O5. The van der Waals surface area contributed by atoms with Gasteiger partial charge in [-0.1, -0.05) is 30.3 Å². The van der Waals surface area contributed by atoms with E-state index in [9.17, 15) is 19.7 Å². The van der Waals surface area contributed by atoms with Crippen LogP contribution < -0.4 is 9.64 Å². The van der Waals surface area contributed by atoms with Crippen LogP contribution in [0.25, 0.3) is 0 Å². The number of para-hydroxylation sites is 3. The lowest BCUT2D eigenvalue weighted by molar-refractivity contribution is -0.385.